The van der Waals surface area contributed by atoms with Crippen molar-refractivity contribution in [2.75, 3.05) is 0 Å². The van der Waals surface area contributed by atoms with Gasteiger partial charge in [0, 0.05) is 17.5 Å². The van der Waals surface area contributed by atoms with Crippen LogP contribution < -0.4 is 4.80 Å². The second kappa shape index (κ2) is 7.02. The Hall–Kier alpha value is -2.05. The molecule has 6 heteroatoms. The minimum atomic E-state index is -0.338. The molecule has 1 aromatic carbocycles. The second-order valence-electron chi connectivity index (χ2n) is 4.92. The molecular weight excluding hydrogens is 331 g/mol. The number of rotatable bonds is 4. The first kappa shape index (κ1) is 15.8. The molecule has 1 amide bonds. The van der Waals surface area contributed by atoms with Crippen molar-refractivity contribution in [1.82, 2.24) is 4.57 Å². The number of thiophene rings is 1. The average molecular weight is 346 g/mol. The Bertz CT molecular complexity index is 920. The number of thiazole rings is 1. The number of hydrogen-bond acceptors (Lipinski definition) is 3. The molecule has 0 unspecified atom stereocenters. The van der Waals surface area contributed by atoms with Crippen LogP contribution in [0.4, 0.5) is 4.39 Å². The molecule has 0 fully saturated rings. The fourth-order valence-corrected chi connectivity index (χ4v) is 3.97. The van der Waals surface area contributed by atoms with Crippen molar-refractivity contribution in [3.63, 3.8) is 0 Å². The highest BCUT2D eigenvalue weighted by Crippen LogP contribution is 2.20. The molecule has 3 nitrogen and oxygen atoms in total. The van der Waals surface area contributed by atoms with Crippen molar-refractivity contribution in [3.8, 4) is 0 Å². The highest BCUT2D eigenvalue weighted by atomic mass is 32.1. The van der Waals surface area contributed by atoms with Gasteiger partial charge in [0.15, 0.2) is 4.80 Å². The monoisotopic (exact) mass is 346 g/mol. The molecule has 0 radical (unpaired) electrons. The van der Waals surface area contributed by atoms with Crippen LogP contribution in [0.15, 0.2) is 46.8 Å². The highest BCUT2D eigenvalue weighted by molar-refractivity contribution is 7.16. The van der Waals surface area contributed by atoms with Crippen LogP contribution in [0.2, 0.25) is 0 Å². The summed E-state index contributed by atoms with van der Waals surface area (Å²) in [6.45, 7) is 2.64. The van der Waals surface area contributed by atoms with E-state index in [-0.39, 0.29) is 11.7 Å². The molecule has 0 saturated heterocycles. The summed E-state index contributed by atoms with van der Waals surface area (Å²) in [6, 6.07) is 8.81. The quantitative estimate of drug-likeness (QED) is 0.643. The smallest absolute Gasteiger partial charge is 0.272 e. The van der Waals surface area contributed by atoms with Gasteiger partial charge in [0.25, 0.3) is 5.91 Å². The maximum atomic E-state index is 14.1. The number of carbonyl (C=O) groups excluding carboxylic acids is 1. The molecule has 118 valence electrons. The van der Waals surface area contributed by atoms with Gasteiger partial charge in [0.1, 0.15) is 5.82 Å². The molecular formula is C17H15FN2OS2. The molecule has 2 heterocycles. The van der Waals surface area contributed by atoms with Crippen LogP contribution in [0, 0.1) is 5.82 Å². The van der Waals surface area contributed by atoms with Crippen LogP contribution in [0.5, 0.6) is 0 Å². The summed E-state index contributed by atoms with van der Waals surface area (Å²) < 4.78 is 16.7. The van der Waals surface area contributed by atoms with E-state index >= 15 is 0 Å². The Morgan fingerprint density at radius 3 is 2.96 bits per heavy atom. The van der Waals surface area contributed by atoms with Gasteiger partial charge in [-0.25, -0.2) is 4.39 Å². The Morgan fingerprint density at radius 2 is 2.22 bits per heavy atom. The topological polar surface area (TPSA) is 34.4 Å². The van der Waals surface area contributed by atoms with Crippen molar-refractivity contribution in [1.29, 1.82) is 0 Å². The maximum absolute atomic E-state index is 14.1. The van der Waals surface area contributed by atoms with E-state index in [0.717, 1.165) is 16.0 Å². The summed E-state index contributed by atoms with van der Waals surface area (Å²) in [5.41, 5.74) is 0.521. The molecule has 23 heavy (non-hydrogen) atoms. The van der Waals surface area contributed by atoms with Crippen LogP contribution in [-0.2, 0) is 11.3 Å². The fourth-order valence-electron chi connectivity index (χ4n) is 2.27. The molecule has 0 aliphatic heterocycles. The molecule has 0 atom stereocenters. The number of nitrogens with zero attached hydrogens (tertiary/aromatic N) is 2. The number of aromatic nitrogens is 1. The van der Waals surface area contributed by atoms with Gasteiger partial charge in [0.05, 0.1) is 10.2 Å². The van der Waals surface area contributed by atoms with Crippen molar-refractivity contribution < 1.29 is 9.18 Å². The third kappa shape index (κ3) is 3.48. The minimum absolute atomic E-state index is 0.282. The minimum Gasteiger partial charge on any atom is -0.314 e. The number of para-hydroxylation sites is 1. The van der Waals surface area contributed by atoms with Crippen molar-refractivity contribution in [2.45, 2.75) is 19.9 Å². The Labute approximate surface area is 141 Å². The molecule has 2 aromatic heterocycles. The van der Waals surface area contributed by atoms with Gasteiger partial charge in [-0.1, -0.05) is 30.4 Å². The average Bonchev–Trinajstić information content (AvgIpc) is 3.15. The molecule has 3 rings (SSSR count). The van der Waals surface area contributed by atoms with Crippen molar-refractivity contribution in [3.05, 3.63) is 57.3 Å². The van der Waals surface area contributed by atoms with Crippen LogP contribution in [0.3, 0.4) is 0 Å². The van der Waals surface area contributed by atoms with Gasteiger partial charge in [-0.15, -0.1) is 11.3 Å². The summed E-state index contributed by atoms with van der Waals surface area (Å²) in [6.07, 6.45) is 4.03. The lowest BCUT2D eigenvalue weighted by molar-refractivity contribution is -0.113. The second-order valence-corrected chi connectivity index (χ2v) is 6.91. The molecule has 0 spiro atoms. The predicted octanol–water partition coefficient (Wildman–Crippen LogP) is 4.45. The van der Waals surface area contributed by atoms with E-state index in [2.05, 4.69) is 4.99 Å². The van der Waals surface area contributed by atoms with Gasteiger partial charge >= 0.3 is 0 Å². The van der Waals surface area contributed by atoms with Gasteiger partial charge in [0.2, 0.25) is 0 Å². The Kier molecular flexibility index (Phi) is 4.83. The highest BCUT2D eigenvalue weighted by Gasteiger charge is 2.10. The zero-order chi connectivity index (χ0) is 16.2. The normalized spacial score (nSPS) is 12.5. The summed E-state index contributed by atoms with van der Waals surface area (Å²) in [5, 5.41) is 1.95. The lowest BCUT2D eigenvalue weighted by Gasteiger charge is -2.02. The SMILES string of the molecule is CCCn1c(=NC(=O)/C=C/c2cccs2)sc2cccc(F)c21. The fraction of sp³-hybridized carbons (Fsp3) is 0.176. The number of hydrogen-bond donors (Lipinski definition) is 0. The molecule has 0 aliphatic rings. The maximum Gasteiger partial charge on any atom is 0.272 e. The zero-order valence-corrected chi connectivity index (χ0v) is 14.2. The summed E-state index contributed by atoms with van der Waals surface area (Å²) in [7, 11) is 0. The first-order valence-electron chi connectivity index (χ1n) is 7.27. The van der Waals surface area contributed by atoms with Crippen molar-refractivity contribution in [2.24, 2.45) is 4.99 Å². The Balaban J connectivity index is 2.02. The van der Waals surface area contributed by atoms with Crippen LogP contribution in [0.1, 0.15) is 18.2 Å². The van der Waals surface area contributed by atoms with Gasteiger partial charge in [-0.3, -0.25) is 4.79 Å². The number of fused-ring (bicyclic) bond motifs is 1. The van der Waals surface area contributed by atoms with Crippen LogP contribution >= 0.6 is 22.7 Å². The molecule has 0 aliphatic carbocycles. The molecule has 0 N–H and O–H groups in total. The predicted molar refractivity (Wildman–Crippen MR) is 94.0 cm³/mol. The summed E-state index contributed by atoms with van der Waals surface area (Å²) in [5.74, 6) is -0.620. The first-order valence-corrected chi connectivity index (χ1v) is 8.97. The van der Waals surface area contributed by atoms with Crippen molar-refractivity contribution >= 4 is 44.9 Å². The zero-order valence-electron chi connectivity index (χ0n) is 12.5. The largest absolute Gasteiger partial charge is 0.314 e. The number of amides is 1. The number of benzene rings is 1. The van der Waals surface area contributed by atoms with Crippen LogP contribution in [-0.4, -0.2) is 10.5 Å². The van der Waals surface area contributed by atoms with Gasteiger partial charge in [-0.05, 0) is 36.1 Å². The summed E-state index contributed by atoms with van der Waals surface area (Å²) in [4.78, 5) is 17.8. The third-order valence-electron chi connectivity index (χ3n) is 3.24. The molecule has 0 saturated carbocycles. The molecule has 0 bridgehead atoms. The number of carbonyl (C=O) groups is 1. The van der Waals surface area contributed by atoms with E-state index in [4.69, 9.17) is 0 Å². The lowest BCUT2D eigenvalue weighted by atomic mass is 10.3. The summed E-state index contributed by atoms with van der Waals surface area (Å²) >= 11 is 2.89. The molecule has 3 aromatic rings. The van der Waals surface area contributed by atoms with Gasteiger partial charge in [-0.2, -0.15) is 4.99 Å². The van der Waals surface area contributed by atoms with Gasteiger partial charge < -0.3 is 4.57 Å². The van der Waals surface area contributed by atoms with E-state index in [1.54, 1.807) is 28.0 Å². The number of halogens is 1. The van der Waals surface area contributed by atoms with E-state index in [1.807, 2.05) is 30.5 Å². The third-order valence-corrected chi connectivity index (χ3v) is 5.12. The standard InChI is InChI=1S/C17H15FN2OS2/c1-2-10-20-16-13(18)6-3-7-14(16)23-17(20)19-15(21)9-8-12-5-4-11-22-12/h3-9,11H,2,10H2,1H3/b9-8+,19-17?. The van der Waals surface area contributed by atoms with Crippen LogP contribution in [0.25, 0.3) is 16.3 Å². The van der Waals surface area contributed by atoms with E-state index in [1.165, 1.54) is 23.5 Å². The van der Waals surface area contributed by atoms with E-state index in [9.17, 15) is 9.18 Å². The lowest BCUT2D eigenvalue weighted by Crippen LogP contribution is -2.16. The first-order chi connectivity index (χ1) is 11.2. The Morgan fingerprint density at radius 1 is 1.35 bits per heavy atom. The van der Waals surface area contributed by atoms with E-state index in [0.29, 0.717) is 16.9 Å². The van der Waals surface area contributed by atoms with E-state index < -0.39 is 0 Å². The number of aryl methyl sites for hydroxylation is 1.